The summed E-state index contributed by atoms with van der Waals surface area (Å²) in [6.07, 6.45) is 2.87. The van der Waals surface area contributed by atoms with Gasteiger partial charge in [0.05, 0.1) is 5.02 Å². The quantitative estimate of drug-likeness (QED) is 0.415. The molecule has 0 aliphatic carbocycles. The fourth-order valence-electron chi connectivity index (χ4n) is 3.30. The van der Waals surface area contributed by atoms with Gasteiger partial charge < -0.3 is 4.57 Å². The SMILES string of the molecule is O=C(c1ccccc1Cl)c1cn(CCc2ccccc2)c2ccccc12. The maximum absolute atomic E-state index is 13.1. The Morgan fingerprint density at radius 1 is 0.808 bits per heavy atom. The zero-order valence-corrected chi connectivity index (χ0v) is 15.0. The predicted molar refractivity (Wildman–Crippen MR) is 107 cm³/mol. The van der Waals surface area contributed by atoms with Crippen LogP contribution in [0, 0.1) is 0 Å². The molecule has 4 aromatic rings. The summed E-state index contributed by atoms with van der Waals surface area (Å²) in [5, 5.41) is 1.45. The molecule has 1 heterocycles. The van der Waals surface area contributed by atoms with Gasteiger partial charge in [0.15, 0.2) is 5.78 Å². The lowest BCUT2D eigenvalue weighted by molar-refractivity contribution is 0.104. The number of carbonyl (C=O) groups excluding carboxylic acids is 1. The second-order valence-corrected chi connectivity index (χ2v) is 6.71. The zero-order valence-electron chi connectivity index (χ0n) is 14.2. The Morgan fingerprint density at radius 3 is 2.31 bits per heavy atom. The molecule has 3 aromatic carbocycles. The number of carbonyl (C=O) groups is 1. The van der Waals surface area contributed by atoms with Crippen molar-refractivity contribution in [2.45, 2.75) is 13.0 Å². The number of ketones is 1. The summed E-state index contributed by atoms with van der Waals surface area (Å²) in [4.78, 5) is 13.1. The number of rotatable bonds is 5. The second kappa shape index (κ2) is 7.19. The van der Waals surface area contributed by atoms with Crippen LogP contribution in [0.2, 0.25) is 5.02 Å². The normalized spacial score (nSPS) is 11.0. The molecular formula is C23H18ClNO. The lowest BCUT2D eigenvalue weighted by Crippen LogP contribution is -2.02. The van der Waals surface area contributed by atoms with Crippen molar-refractivity contribution in [2.75, 3.05) is 0 Å². The van der Waals surface area contributed by atoms with Crippen LogP contribution >= 0.6 is 11.6 Å². The van der Waals surface area contributed by atoms with Crippen molar-refractivity contribution >= 4 is 28.3 Å². The lowest BCUT2D eigenvalue weighted by atomic mass is 10.0. The summed E-state index contributed by atoms with van der Waals surface area (Å²) >= 11 is 6.24. The molecule has 3 heteroatoms. The third kappa shape index (κ3) is 3.16. The molecule has 4 rings (SSSR count). The van der Waals surface area contributed by atoms with E-state index >= 15 is 0 Å². The minimum absolute atomic E-state index is 0.0368. The van der Waals surface area contributed by atoms with Gasteiger partial charge in [-0.1, -0.05) is 72.3 Å². The van der Waals surface area contributed by atoms with Gasteiger partial charge in [-0.05, 0) is 30.2 Å². The van der Waals surface area contributed by atoms with E-state index in [0.29, 0.717) is 16.1 Å². The van der Waals surface area contributed by atoms with Gasteiger partial charge >= 0.3 is 0 Å². The average Bonchev–Trinajstić information content (AvgIpc) is 3.06. The van der Waals surface area contributed by atoms with Gasteiger partial charge in [-0.3, -0.25) is 4.79 Å². The first-order valence-electron chi connectivity index (χ1n) is 8.65. The molecule has 0 N–H and O–H groups in total. The number of nitrogens with zero attached hydrogens (tertiary/aromatic N) is 1. The molecular weight excluding hydrogens is 342 g/mol. The average molecular weight is 360 g/mol. The first-order chi connectivity index (χ1) is 12.7. The van der Waals surface area contributed by atoms with Crippen LogP contribution in [0.4, 0.5) is 0 Å². The van der Waals surface area contributed by atoms with Gasteiger partial charge in [0, 0.05) is 34.8 Å². The second-order valence-electron chi connectivity index (χ2n) is 6.30. The fourth-order valence-corrected chi connectivity index (χ4v) is 3.52. The Morgan fingerprint density at radius 2 is 1.50 bits per heavy atom. The van der Waals surface area contributed by atoms with Crippen LogP contribution in [-0.2, 0) is 13.0 Å². The van der Waals surface area contributed by atoms with Crippen molar-refractivity contribution < 1.29 is 4.79 Å². The number of hydrogen-bond acceptors (Lipinski definition) is 1. The molecule has 0 bridgehead atoms. The molecule has 1 aromatic heterocycles. The summed E-state index contributed by atoms with van der Waals surface area (Å²) < 4.78 is 2.16. The smallest absolute Gasteiger partial charge is 0.196 e. The van der Waals surface area contributed by atoms with Gasteiger partial charge in [-0.15, -0.1) is 0 Å². The largest absolute Gasteiger partial charge is 0.346 e. The van der Waals surface area contributed by atoms with Crippen LogP contribution in [0.5, 0.6) is 0 Å². The van der Waals surface area contributed by atoms with Crippen molar-refractivity contribution in [3.63, 3.8) is 0 Å². The van der Waals surface area contributed by atoms with Crippen molar-refractivity contribution in [3.8, 4) is 0 Å². The fraction of sp³-hybridized carbons (Fsp3) is 0.0870. The van der Waals surface area contributed by atoms with E-state index in [9.17, 15) is 4.79 Å². The number of hydrogen-bond donors (Lipinski definition) is 0. The highest BCUT2D eigenvalue weighted by molar-refractivity contribution is 6.35. The molecule has 128 valence electrons. The topological polar surface area (TPSA) is 22.0 Å². The first kappa shape index (κ1) is 16.6. The molecule has 0 saturated heterocycles. The number of para-hydroxylation sites is 1. The highest BCUT2D eigenvalue weighted by Crippen LogP contribution is 2.26. The van der Waals surface area contributed by atoms with Gasteiger partial charge in [-0.2, -0.15) is 0 Å². The standard InChI is InChI=1S/C23H18ClNO/c24-21-12-6-4-11-19(21)23(26)20-16-25(22-13-7-5-10-18(20)22)15-14-17-8-2-1-3-9-17/h1-13,16H,14-15H2. The lowest BCUT2D eigenvalue weighted by Gasteiger charge is -2.05. The Balaban J connectivity index is 1.72. The number of halogens is 1. The Hall–Kier alpha value is -2.84. The van der Waals surface area contributed by atoms with Crippen LogP contribution in [0.1, 0.15) is 21.5 Å². The van der Waals surface area contributed by atoms with Crippen LogP contribution in [0.25, 0.3) is 10.9 Å². The molecule has 0 amide bonds. The first-order valence-corrected chi connectivity index (χ1v) is 9.03. The van der Waals surface area contributed by atoms with E-state index in [1.807, 2.05) is 42.6 Å². The van der Waals surface area contributed by atoms with Gasteiger partial charge in [-0.25, -0.2) is 0 Å². The van der Waals surface area contributed by atoms with E-state index in [2.05, 4.69) is 34.9 Å². The molecule has 0 fully saturated rings. The molecule has 0 atom stereocenters. The summed E-state index contributed by atoms with van der Waals surface area (Å²) in [5.74, 6) is -0.0368. The number of benzene rings is 3. The highest BCUT2D eigenvalue weighted by Gasteiger charge is 2.18. The third-order valence-electron chi connectivity index (χ3n) is 4.64. The molecule has 2 nitrogen and oxygen atoms in total. The summed E-state index contributed by atoms with van der Waals surface area (Å²) in [6.45, 7) is 0.820. The minimum atomic E-state index is -0.0368. The number of aryl methyl sites for hydroxylation is 2. The van der Waals surface area contributed by atoms with E-state index in [-0.39, 0.29) is 5.78 Å². The van der Waals surface area contributed by atoms with Crippen LogP contribution in [0.15, 0.2) is 85.1 Å². The third-order valence-corrected chi connectivity index (χ3v) is 4.97. The van der Waals surface area contributed by atoms with E-state index < -0.39 is 0 Å². The van der Waals surface area contributed by atoms with E-state index in [4.69, 9.17) is 11.6 Å². The van der Waals surface area contributed by atoms with Crippen LogP contribution in [0.3, 0.4) is 0 Å². The van der Waals surface area contributed by atoms with Crippen LogP contribution < -0.4 is 0 Å². The maximum Gasteiger partial charge on any atom is 0.196 e. The van der Waals surface area contributed by atoms with Gasteiger partial charge in [0.1, 0.15) is 0 Å². The van der Waals surface area contributed by atoms with Crippen LogP contribution in [-0.4, -0.2) is 10.4 Å². The number of fused-ring (bicyclic) bond motifs is 1. The van der Waals surface area contributed by atoms with E-state index in [1.54, 1.807) is 12.1 Å². The predicted octanol–water partition coefficient (Wildman–Crippen LogP) is 5.77. The minimum Gasteiger partial charge on any atom is -0.346 e. The van der Waals surface area contributed by atoms with E-state index in [0.717, 1.165) is 23.9 Å². The Bertz CT molecular complexity index is 1070. The van der Waals surface area contributed by atoms with Gasteiger partial charge in [0.25, 0.3) is 0 Å². The summed E-state index contributed by atoms with van der Waals surface area (Å²) in [6, 6.07) is 25.6. The molecule has 0 radical (unpaired) electrons. The number of aromatic nitrogens is 1. The van der Waals surface area contributed by atoms with Crippen molar-refractivity contribution in [1.82, 2.24) is 4.57 Å². The molecule has 0 saturated carbocycles. The Labute approximate surface area is 157 Å². The van der Waals surface area contributed by atoms with Crippen molar-refractivity contribution in [2.24, 2.45) is 0 Å². The zero-order chi connectivity index (χ0) is 17.9. The molecule has 0 aliphatic heterocycles. The van der Waals surface area contributed by atoms with Crippen molar-refractivity contribution in [3.05, 3.63) is 107 Å². The Kier molecular flexibility index (Phi) is 4.59. The highest BCUT2D eigenvalue weighted by atomic mass is 35.5. The van der Waals surface area contributed by atoms with E-state index in [1.165, 1.54) is 5.56 Å². The van der Waals surface area contributed by atoms with Crippen molar-refractivity contribution in [1.29, 1.82) is 0 Å². The maximum atomic E-state index is 13.1. The molecule has 0 aliphatic rings. The van der Waals surface area contributed by atoms with Gasteiger partial charge in [0.2, 0.25) is 0 Å². The molecule has 26 heavy (non-hydrogen) atoms. The summed E-state index contributed by atoms with van der Waals surface area (Å²) in [7, 11) is 0. The molecule has 0 unspecified atom stereocenters. The monoisotopic (exact) mass is 359 g/mol. The summed E-state index contributed by atoms with van der Waals surface area (Å²) in [5.41, 5.74) is 3.59. The molecule has 0 spiro atoms.